The summed E-state index contributed by atoms with van der Waals surface area (Å²) in [7, 11) is 1.46. The van der Waals surface area contributed by atoms with Crippen molar-refractivity contribution >= 4 is 11.8 Å². The molecule has 0 fully saturated rings. The Morgan fingerprint density at radius 2 is 2.07 bits per heavy atom. The first-order valence-corrected chi connectivity index (χ1v) is 4.21. The molecule has 1 rings (SSSR count). The summed E-state index contributed by atoms with van der Waals surface area (Å²) in [5.74, 6) is 0. The molecule has 6 heteroatoms. The van der Waals surface area contributed by atoms with Crippen LogP contribution in [-0.4, -0.2) is 18.1 Å². The molecule has 1 aromatic carbocycles. The summed E-state index contributed by atoms with van der Waals surface area (Å²) in [4.78, 5) is 20.6. The lowest BCUT2D eigenvalue weighted by Gasteiger charge is -2.03. The van der Waals surface area contributed by atoms with Crippen molar-refractivity contribution in [3.8, 4) is 0 Å². The number of carbonyl (C=O) groups excluding carboxylic acids is 1. The smallest absolute Gasteiger partial charge is 0.407 e. The molecule has 0 unspecified atom stereocenters. The van der Waals surface area contributed by atoms with Crippen LogP contribution in [0.25, 0.3) is 0 Å². The zero-order valence-corrected chi connectivity index (χ0v) is 8.10. The van der Waals surface area contributed by atoms with E-state index in [-0.39, 0.29) is 12.3 Å². The van der Waals surface area contributed by atoms with Gasteiger partial charge in [-0.3, -0.25) is 10.1 Å². The number of hydrogen-bond acceptors (Lipinski definition) is 4. The van der Waals surface area contributed by atoms with Gasteiger partial charge in [0.05, 0.1) is 4.92 Å². The van der Waals surface area contributed by atoms with Crippen LogP contribution < -0.4 is 5.32 Å². The van der Waals surface area contributed by atoms with E-state index in [2.05, 4.69) is 5.32 Å². The molecule has 0 aliphatic heterocycles. The summed E-state index contributed by atoms with van der Waals surface area (Å²) in [5.41, 5.74) is 0.711. The van der Waals surface area contributed by atoms with Crippen molar-refractivity contribution in [2.45, 2.75) is 6.61 Å². The van der Waals surface area contributed by atoms with Crippen LogP contribution in [0.2, 0.25) is 0 Å². The van der Waals surface area contributed by atoms with Gasteiger partial charge in [0.25, 0.3) is 5.69 Å². The second kappa shape index (κ2) is 4.94. The van der Waals surface area contributed by atoms with E-state index >= 15 is 0 Å². The van der Waals surface area contributed by atoms with Crippen LogP contribution in [0.4, 0.5) is 10.5 Å². The average molecular weight is 210 g/mol. The second-order valence-corrected chi connectivity index (χ2v) is 2.75. The summed E-state index contributed by atoms with van der Waals surface area (Å²) >= 11 is 0. The van der Waals surface area contributed by atoms with Crippen molar-refractivity contribution in [1.29, 1.82) is 0 Å². The maximum Gasteiger partial charge on any atom is 0.407 e. The quantitative estimate of drug-likeness (QED) is 0.604. The molecule has 15 heavy (non-hydrogen) atoms. The molecule has 0 aliphatic carbocycles. The van der Waals surface area contributed by atoms with E-state index in [4.69, 9.17) is 4.74 Å². The van der Waals surface area contributed by atoms with E-state index in [0.717, 1.165) is 0 Å². The Balaban J connectivity index is 2.57. The fraction of sp³-hybridized carbons (Fsp3) is 0.222. The number of benzene rings is 1. The first-order chi connectivity index (χ1) is 7.13. The largest absolute Gasteiger partial charge is 0.445 e. The monoisotopic (exact) mass is 210 g/mol. The Bertz CT molecular complexity index is 361. The van der Waals surface area contributed by atoms with Crippen LogP contribution in [0, 0.1) is 10.1 Å². The van der Waals surface area contributed by atoms with Crippen molar-refractivity contribution in [3.63, 3.8) is 0 Å². The van der Waals surface area contributed by atoms with Gasteiger partial charge in [-0.1, -0.05) is 0 Å². The predicted octanol–water partition coefficient (Wildman–Crippen LogP) is 1.45. The minimum atomic E-state index is -0.534. The van der Waals surface area contributed by atoms with Gasteiger partial charge in [-0.2, -0.15) is 0 Å². The van der Waals surface area contributed by atoms with E-state index in [1.54, 1.807) is 12.1 Å². The first-order valence-electron chi connectivity index (χ1n) is 4.21. The highest BCUT2D eigenvalue weighted by atomic mass is 16.6. The van der Waals surface area contributed by atoms with Crippen molar-refractivity contribution in [1.82, 2.24) is 5.32 Å². The third-order valence-corrected chi connectivity index (χ3v) is 1.72. The zero-order chi connectivity index (χ0) is 11.3. The molecule has 6 nitrogen and oxygen atoms in total. The maximum atomic E-state index is 10.7. The summed E-state index contributed by atoms with van der Waals surface area (Å²) in [5, 5.41) is 12.6. The summed E-state index contributed by atoms with van der Waals surface area (Å²) in [6.45, 7) is 0.0949. The number of non-ortho nitro benzene ring substituents is 1. The lowest BCUT2D eigenvalue weighted by molar-refractivity contribution is -0.384. The molecule has 80 valence electrons. The molecule has 0 atom stereocenters. The van der Waals surface area contributed by atoms with Crippen LogP contribution >= 0.6 is 0 Å². The second-order valence-electron chi connectivity index (χ2n) is 2.75. The van der Waals surface area contributed by atoms with E-state index < -0.39 is 11.0 Å². The fourth-order valence-electron chi connectivity index (χ4n) is 0.935. The normalized spacial score (nSPS) is 9.40. The highest BCUT2D eigenvalue weighted by Gasteiger charge is 2.04. The van der Waals surface area contributed by atoms with Crippen LogP contribution in [0.5, 0.6) is 0 Å². The van der Waals surface area contributed by atoms with Gasteiger partial charge in [0.2, 0.25) is 0 Å². The SMILES string of the molecule is CNC(=O)OCc1ccc([N+](=O)[O-])cc1. The average Bonchev–Trinajstić information content (AvgIpc) is 2.26. The number of nitro groups is 1. The Labute approximate surface area is 86.0 Å². The molecule has 0 radical (unpaired) electrons. The number of nitrogens with one attached hydrogen (secondary N) is 1. The van der Waals surface area contributed by atoms with E-state index in [0.29, 0.717) is 5.56 Å². The number of ether oxygens (including phenoxy) is 1. The number of alkyl carbamates (subject to hydrolysis) is 1. The fourth-order valence-corrected chi connectivity index (χ4v) is 0.935. The molecule has 0 spiro atoms. The molecule has 0 aromatic heterocycles. The van der Waals surface area contributed by atoms with E-state index in [1.807, 2.05) is 0 Å². The van der Waals surface area contributed by atoms with E-state index in [9.17, 15) is 14.9 Å². The van der Waals surface area contributed by atoms with Crippen molar-refractivity contribution < 1.29 is 14.5 Å². The number of nitrogens with zero attached hydrogens (tertiary/aromatic N) is 1. The van der Waals surface area contributed by atoms with Gasteiger partial charge < -0.3 is 10.1 Å². The molecule has 0 heterocycles. The van der Waals surface area contributed by atoms with Gasteiger partial charge in [0, 0.05) is 19.2 Å². The lowest BCUT2D eigenvalue weighted by Crippen LogP contribution is -2.18. The number of carbonyl (C=O) groups is 1. The van der Waals surface area contributed by atoms with Gasteiger partial charge in [-0.15, -0.1) is 0 Å². The summed E-state index contributed by atoms with van der Waals surface area (Å²) in [6, 6.07) is 5.81. The molecule has 1 amide bonds. The molecular formula is C9H10N2O4. The Morgan fingerprint density at radius 3 is 2.53 bits per heavy atom. The Hall–Kier alpha value is -2.11. The van der Waals surface area contributed by atoms with Crippen LogP contribution in [0.15, 0.2) is 24.3 Å². The standard InChI is InChI=1S/C9H10N2O4/c1-10-9(12)15-6-7-2-4-8(5-3-7)11(13)14/h2-5H,6H2,1H3,(H,10,12). The van der Waals surface area contributed by atoms with Crippen LogP contribution in [-0.2, 0) is 11.3 Å². The summed E-state index contributed by atoms with van der Waals surface area (Å²) < 4.78 is 4.76. The first kappa shape index (κ1) is 11.0. The van der Waals surface area contributed by atoms with Crippen LogP contribution in [0.1, 0.15) is 5.56 Å². The molecule has 1 aromatic rings. The minimum absolute atomic E-state index is 0.0127. The topological polar surface area (TPSA) is 81.5 Å². The summed E-state index contributed by atoms with van der Waals surface area (Å²) in [6.07, 6.45) is -0.534. The highest BCUT2D eigenvalue weighted by molar-refractivity contribution is 5.66. The lowest BCUT2D eigenvalue weighted by atomic mass is 10.2. The number of hydrogen-bond donors (Lipinski definition) is 1. The number of rotatable bonds is 3. The highest BCUT2D eigenvalue weighted by Crippen LogP contribution is 2.12. The molecule has 0 bridgehead atoms. The third kappa shape index (κ3) is 3.26. The zero-order valence-electron chi connectivity index (χ0n) is 8.10. The molecular weight excluding hydrogens is 200 g/mol. The Morgan fingerprint density at radius 1 is 1.47 bits per heavy atom. The van der Waals surface area contributed by atoms with Crippen molar-refractivity contribution in [2.75, 3.05) is 7.05 Å². The van der Waals surface area contributed by atoms with Gasteiger partial charge in [0.1, 0.15) is 6.61 Å². The van der Waals surface area contributed by atoms with Crippen molar-refractivity contribution in [3.05, 3.63) is 39.9 Å². The molecule has 0 saturated carbocycles. The molecule has 0 saturated heterocycles. The van der Waals surface area contributed by atoms with Gasteiger partial charge in [-0.05, 0) is 17.7 Å². The predicted molar refractivity (Wildman–Crippen MR) is 52.3 cm³/mol. The minimum Gasteiger partial charge on any atom is -0.445 e. The van der Waals surface area contributed by atoms with Crippen LogP contribution in [0.3, 0.4) is 0 Å². The Kier molecular flexibility index (Phi) is 3.61. The van der Waals surface area contributed by atoms with E-state index in [1.165, 1.54) is 19.2 Å². The van der Waals surface area contributed by atoms with Gasteiger partial charge in [0.15, 0.2) is 0 Å². The van der Waals surface area contributed by atoms with Gasteiger partial charge in [-0.25, -0.2) is 4.79 Å². The number of amides is 1. The molecule has 0 aliphatic rings. The maximum absolute atomic E-state index is 10.7. The van der Waals surface area contributed by atoms with Gasteiger partial charge >= 0.3 is 6.09 Å². The number of nitro benzene ring substituents is 1. The van der Waals surface area contributed by atoms with Crippen molar-refractivity contribution in [2.24, 2.45) is 0 Å². The molecule has 1 N–H and O–H groups in total. The third-order valence-electron chi connectivity index (χ3n) is 1.72.